The van der Waals surface area contributed by atoms with E-state index in [2.05, 4.69) is 53.4 Å². The molecule has 3 saturated heterocycles. The summed E-state index contributed by atoms with van der Waals surface area (Å²) in [6.07, 6.45) is 5.46. The highest BCUT2D eigenvalue weighted by Crippen LogP contribution is 2.27. The normalized spacial score (nSPS) is 18.8. The molecule has 2 unspecified atom stereocenters. The van der Waals surface area contributed by atoms with Gasteiger partial charge in [0.05, 0.1) is 16.1 Å². The number of aryl methyl sites for hydroxylation is 1. The number of piperidine rings is 1. The molecule has 0 aliphatic carbocycles. The maximum Gasteiger partial charge on any atom is 0.410 e. The van der Waals surface area contributed by atoms with Crippen LogP contribution in [0.4, 0.5) is 4.79 Å². The predicted molar refractivity (Wildman–Crippen MR) is 220 cm³/mol. The smallest absolute Gasteiger partial charge is 0.410 e. The third-order valence-electron chi connectivity index (χ3n) is 10.9. The van der Waals surface area contributed by atoms with E-state index in [0.717, 1.165) is 75.1 Å². The van der Waals surface area contributed by atoms with Gasteiger partial charge in [-0.3, -0.25) is 24.1 Å². The number of ether oxygens (including phenoxy) is 1. The topological polar surface area (TPSA) is 144 Å². The van der Waals surface area contributed by atoms with Gasteiger partial charge in [-0.05, 0) is 83.3 Å². The summed E-state index contributed by atoms with van der Waals surface area (Å²) in [6.45, 7) is 21.8. The van der Waals surface area contributed by atoms with Gasteiger partial charge in [-0.15, -0.1) is 11.3 Å². The van der Waals surface area contributed by atoms with Crippen molar-refractivity contribution in [2.24, 2.45) is 5.41 Å². The number of rotatable bonds is 11. The first kappa shape index (κ1) is 44.7. The fourth-order valence-electron chi connectivity index (χ4n) is 7.02. The summed E-state index contributed by atoms with van der Waals surface area (Å²) < 4.78 is 5.48. The van der Waals surface area contributed by atoms with Gasteiger partial charge < -0.3 is 30.1 Å². The van der Waals surface area contributed by atoms with Crippen LogP contribution in [0.2, 0.25) is 0 Å². The molecule has 5 amide bonds. The minimum Gasteiger partial charge on any atom is -0.444 e. The van der Waals surface area contributed by atoms with Crippen LogP contribution in [0, 0.1) is 12.3 Å². The lowest BCUT2D eigenvalue weighted by atomic mass is 9.88. The number of hydrogen-bond donors (Lipinski definition) is 2. The standard InChI is InChI=1S/C25H46N4O4.C17H19N3O2S/c1-19(24(2,3)4)26-21(30)9-8-10-22(31)28-17-15-27(16-18-28)20-11-13-29(14-12-20)23(32)33-25(5,6)7;1-12-16(23-10-19-12)14-6-4-13(5-7-14)9-18-17(22)15-3-2-8-20(15)11-21/h19-20H,8-18H2,1-7H3,(H,26,30);4-7,10-11,15H,2-3,8-9H2,1H3,(H,18,22). The van der Waals surface area contributed by atoms with E-state index < -0.39 is 5.60 Å². The number of carbonyl (C=O) groups excluding carboxylic acids is 5. The van der Waals surface area contributed by atoms with E-state index in [-0.39, 0.29) is 41.3 Å². The first-order valence-electron chi connectivity index (χ1n) is 20.2. The van der Waals surface area contributed by atoms with Crippen LogP contribution in [0.15, 0.2) is 29.8 Å². The molecule has 0 radical (unpaired) electrons. The fraction of sp³-hybridized carbons (Fsp3) is 0.667. The van der Waals surface area contributed by atoms with Crippen molar-refractivity contribution in [1.29, 1.82) is 0 Å². The van der Waals surface area contributed by atoms with Crippen LogP contribution < -0.4 is 10.6 Å². The molecule has 14 heteroatoms. The number of thiazole rings is 1. The van der Waals surface area contributed by atoms with Gasteiger partial charge in [0.1, 0.15) is 11.6 Å². The predicted octanol–water partition coefficient (Wildman–Crippen LogP) is 5.61. The van der Waals surface area contributed by atoms with Gasteiger partial charge in [-0.25, -0.2) is 9.78 Å². The van der Waals surface area contributed by atoms with Crippen molar-refractivity contribution in [3.63, 3.8) is 0 Å². The number of carbonyl (C=O) groups is 5. The van der Waals surface area contributed by atoms with Gasteiger partial charge >= 0.3 is 6.09 Å². The van der Waals surface area contributed by atoms with Gasteiger partial charge in [-0.1, -0.05) is 45.0 Å². The van der Waals surface area contributed by atoms with E-state index in [0.29, 0.717) is 51.5 Å². The quantitative estimate of drug-likeness (QED) is 0.280. The Labute approximate surface area is 337 Å². The van der Waals surface area contributed by atoms with Crippen LogP contribution in [0.3, 0.4) is 0 Å². The number of aromatic nitrogens is 1. The second kappa shape index (κ2) is 20.4. The van der Waals surface area contributed by atoms with E-state index in [1.165, 1.54) is 4.88 Å². The summed E-state index contributed by atoms with van der Waals surface area (Å²) in [6, 6.07) is 8.37. The SMILES string of the molecule is CC(NC(=O)CCCC(=O)N1CCN(C2CCN(C(=O)OC(C)(C)C)CC2)CC1)C(C)(C)C.Cc1ncsc1-c1ccc(CNC(=O)C2CCCN2C=O)cc1. The van der Waals surface area contributed by atoms with Crippen molar-refractivity contribution >= 4 is 41.6 Å². The van der Waals surface area contributed by atoms with Crippen molar-refractivity contribution < 1.29 is 28.7 Å². The summed E-state index contributed by atoms with van der Waals surface area (Å²) in [4.78, 5) is 73.3. The molecule has 0 bridgehead atoms. The van der Waals surface area contributed by atoms with Gasteiger partial charge in [-0.2, -0.15) is 0 Å². The van der Waals surface area contributed by atoms with Crippen molar-refractivity contribution in [3.8, 4) is 10.4 Å². The summed E-state index contributed by atoms with van der Waals surface area (Å²) in [5.41, 5.74) is 4.62. The van der Waals surface area contributed by atoms with Crippen LogP contribution in [-0.2, 0) is 30.5 Å². The molecule has 13 nitrogen and oxygen atoms in total. The highest BCUT2D eigenvalue weighted by Gasteiger charge is 2.32. The molecule has 3 aliphatic heterocycles. The van der Waals surface area contributed by atoms with Gasteiger partial charge in [0.2, 0.25) is 24.1 Å². The number of benzene rings is 1. The lowest BCUT2D eigenvalue weighted by Crippen LogP contribution is -2.55. The van der Waals surface area contributed by atoms with E-state index in [1.807, 2.05) is 57.2 Å². The van der Waals surface area contributed by atoms with Gasteiger partial charge in [0.15, 0.2) is 0 Å². The molecule has 310 valence electrons. The molecule has 2 aromatic rings. The van der Waals surface area contributed by atoms with Gasteiger partial charge in [0, 0.05) is 77.3 Å². The Balaban J connectivity index is 0.000000264. The van der Waals surface area contributed by atoms with Crippen LogP contribution in [-0.4, -0.2) is 124 Å². The molecule has 56 heavy (non-hydrogen) atoms. The second-order valence-electron chi connectivity index (χ2n) is 17.3. The highest BCUT2D eigenvalue weighted by atomic mass is 32.1. The monoisotopic (exact) mass is 795 g/mol. The first-order chi connectivity index (χ1) is 26.4. The number of likely N-dealkylation sites (tertiary alicyclic amines) is 2. The zero-order valence-corrected chi connectivity index (χ0v) is 35.7. The Kier molecular flexibility index (Phi) is 16.3. The minimum atomic E-state index is -0.467. The number of piperazine rings is 1. The molecule has 1 aromatic carbocycles. The third kappa shape index (κ3) is 13.6. The maximum atomic E-state index is 12.6. The zero-order valence-electron chi connectivity index (χ0n) is 34.9. The Morgan fingerprint density at radius 1 is 0.911 bits per heavy atom. The molecule has 2 atom stereocenters. The molecule has 2 N–H and O–H groups in total. The average molecular weight is 796 g/mol. The molecule has 4 heterocycles. The molecule has 3 aliphatic rings. The Morgan fingerprint density at radius 2 is 1.57 bits per heavy atom. The van der Waals surface area contributed by atoms with Crippen LogP contribution >= 0.6 is 11.3 Å². The van der Waals surface area contributed by atoms with Crippen LogP contribution in [0.1, 0.15) is 105 Å². The van der Waals surface area contributed by atoms with Crippen molar-refractivity contribution in [3.05, 3.63) is 41.0 Å². The second-order valence-corrected chi connectivity index (χ2v) is 18.2. The minimum absolute atomic E-state index is 0.0211. The highest BCUT2D eigenvalue weighted by molar-refractivity contribution is 7.13. The molecular weight excluding hydrogens is 731 g/mol. The third-order valence-corrected chi connectivity index (χ3v) is 11.9. The summed E-state index contributed by atoms with van der Waals surface area (Å²) in [5.74, 6) is 0.0933. The molecular formula is C42H65N7O6S. The lowest BCUT2D eigenvalue weighted by Gasteiger charge is -2.42. The summed E-state index contributed by atoms with van der Waals surface area (Å²) in [5, 5.41) is 5.95. The maximum absolute atomic E-state index is 12.6. The average Bonchev–Trinajstić information content (AvgIpc) is 3.82. The Morgan fingerprint density at radius 3 is 2.14 bits per heavy atom. The van der Waals surface area contributed by atoms with Crippen LogP contribution in [0.25, 0.3) is 10.4 Å². The number of nitrogens with zero attached hydrogens (tertiary/aromatic N) is 5. The molecule has 0 spiro atoms. The molecule has 1 aromatic heterocycles. The first-order valence-corrected chi connectivity index (χ1v) is 21.1. The van der Waals surface area contributed by atoms with Gasteiger partial charge in [0.25, 0.3) is 0 Å². The summed E-state index contributed by atoms with van der Waals surface area (Å²) in [7, 11) is 0. The van der Waals surface area contributed by atoms with Crippen molar-refractivity contribution in [2.45, 2.75) is 131 Å². The lowest BCUT2D eigenvalue weighted by molar-refractivity contribution is -0.133. The Hall–Kier alpha value is -4.04. The Bertz CT molecular complexity index is 1600. The van der Waals surface area contributed by atoms with Crippen LogP contribution in [0.5, 0.6) is 0 Å². The van der Waals surface area contributed by atoms with Crippen molar-refractivity contribution in [1.82, 2.24) is 35.2 Å². The molecule has 3 fully saturated rings. The molecule has 5 rings (SSSR count). The van der Waals surface area contributed by atoms with E-state index in [1.54, 1.807) is 21.1 Å². The molecule has 0 saturated carbocycles. The number of nitrogens with one attached hydrogen (secondary N) is 2. The number of hydrogen-bond acceptors (Lipinski definition) is 9. The van der Waals surface area contributed by atoms with Crippen molar-refractivity contribution in [2.75, 3.05) is 45.8 Å². The summed E-state index contributed by atoms with van der Waals surface area (Å²) >= 11 is 1.63. The van der Waals surface area contributed by atoms with E-state index in [4.69, 9.17) is 4.74 Å². The number of amides is 5. The largest absolute Gasteiger partial charge is 0.444 e. The zero-order chi connectivity index (χ0) is 41.0. The van der Waals surface area contributed by atoms with E-state index in [9.17, 15) is 24.0 Å². The van der Waals surface area contributed by atoms with E-state index >= 15 is 0 Å². The fourth-order valence-corrected chi connectivity index (χ4v) is 7.83.